The molecule has 2 aromatic carbocycles. The summed E-state index contributed by atoms with van der Waals surface area (Å²) in [6.45, 7) is 1.08. The van der Waals surface area contributed by atoms with Gasteiger partial charge in [-0.2, -0.15) is 8.78 Å². The molecule has 1 heterocycles. The highest BCUT2D eigenvalue weighted by Crippen LogP contribution is 2.34. The van der Waals surface area contributed by atoms with Crippen molar-refractivity contribution in [1.29, 1.82) is 0 Å². The zero-order chi connectivity index (χ0) is 23.6. The lowest BCUT2D eigenvalue weighted by Gasteiger charge is -2.32. The molecule has 0 saturated carbocycles. The van der Waals surface area contributed by atoms with E-state index in [9.17, 15) is 31.9 Å². The molecule has 10 heteroatoms. The summed E-state index contributed by atoms with van der Waals surface area (Å²) in [4.78, 5) is 36.7. The number of benzene rings is 2. The van der Waals surface area contributed by atoms with Crippen molar-refractivity contribution < 1.29 is 37.1 Å². The van der Waals surface area contributed by atoms with E-state index in [1.807, 2.05) is 0 Å². The van der Waals surface area contributed by atoms with Gasteiger partial charge in [0.25, 0.3) is 11.8 Å². The number of aryl methyl sites for hydroxylation is 1. The van der Waals surface area contributed by atoms with Crippen LogP contribution in [-0.4, -0.2) is 40.9 Å². The van der Waals surface area contributed by atoms with Crippen LogP contribution in [0.15, 0.2) is 36.4 Å². The van der Waals surface area contributed by atoms with E-state index < -0.39 is 46.8 Å². The van der Waals surface area contributed by atoms with Gasteiger partial charge >= 0.3 is 11.9 Å². The molecule has 0 aliphatic carbocycles. The van der Waals surface area contributed by atoms with Gasteiger partial charge in [0.1, 0.15) is 11.6 Å². The van der Waals surface area contributed by atoms with Crippen molar-refractivity contribution in [2.24, 2.45) is 5.92 Å². The lowest BCUT2D eigenvalue weighted by Crippen LogP contribution is -2.47. The van der Waals surface area contributed by atoms with Gasteiger partial charge in [0.05, 0.1) is 11.5 Å². The number of likely N-dealkylation sites (tertiary alicyclic amines) is 1. The Morgan fingerprint density at radius 3 is 2.25 bits per heavy atom. The number of halogens is 4. The number of nitrogens with zero attached hydrogens (tertiary/aromatic N) is 1. The Morgan fingerprint density at radius 2 is 1.66 bits per heavy atom. The van der Waals surface area contributed by atoms with E-state index in [2.05, 4.69) is 5.32 Å². The highest BCUT2D eigenvalue weighted by molar-refractivity contribution is 6.04. The summed E-state index contributed by atoms with van der Waals surface area (Å²) < 4.78 is 57.4. The molecule has 1 aliphatic heterocycles. The second-order valence-electron chi connectivity index (χ2n) is 7.59. The van der Waals surface area contributed by atoms with Crippen molar-refractivity contribution in [2.45, 2.75) is 25.7 Å². The van der Waals surface area contributed by atoms with Crippen LogP contribution in [0.4, 0.5) is 23.2 Å². The van der Waals surface area contributed by atoms with Gasteiger partial charge in [-0.3, -0.25) is 14.4 Å². The lowest BCUT2D eigenvalue weighted by atomic mass is 9.95. The van der Waals surface area contributed by atoms with E-state index in [4.69, 9.17) is 5.11 Å². The van der Waals surface area contributed by atoms with Crippen LogP contribution in [0.2, 0.25) is 0 Å². The highest BCUT2D eigenvalue weighted by atomic mass is 19.3. The molecule has 1 fully saturated rings. The smallest absolute Gasteiger partial charge is 0.352 e. The quantitative estimate of drug-likeness (QED) is 0.673. The molecule has 6 nitrogen and oxygen atoms in total. The third-order valence-electron chi connectivity index (χ3n) is 5.38. The van der Waals surface area contributed by atoms with Gasteiger partial charge in [0.2, 0.25) is 0 Å². The first-order chi connectivity index (χ1) is 15.0. The van der Waals surface area contributed by atoms with Crippen LogP contribution in [0, 0.1) is 24.5 Å². The molecular formula is C22H20F4N2O4. The summed E-state index contributed by atoms with van der Waals surface area (Å²) >= 11 is 0. The first-order valence-corrected chi connectivity index (χ1v) is 9.78. The van der Waals surface area contributed by atoms with Crippen LogP contribution < -0.4 is 5.32 Å². The Balaban J connectivity index is 1.80. The number of carboxylic acids is 1. The second kappa shape index (κ2) is 8.97. The molecular weight excluding hydrogens is 432 g/mol. The number of carbonyl (C=O) groups is 3. The van der Waals surface area contributed by atoms with Gasteiger partial charge in [0.15, 0.2) is 0 Å². The van der Waals surface area contributed by atoms with Crippen molar-refractivity contribution in [3.8, 4) is 0 Å². The number of anilines is 1. The molecule has 1 aliphatic rings. The summed E-state index contributed by atoms with van der Waals surface area (Å²) in [6.07, 6.45) is 0.0261. The third kappa shape index (κ3) is 4.74. The third-order valence-corrected chi connectivity index (χ3v) is 5.38. The van der Waals surface area contributed by atoms with Gasteiger partial charge in [0, 0.05) is 24.3 Å². The second-order valence-corrected chi connectivity index (χ2v) is 7.59. The number of carboxylic acid groups (broad SMARTS) is 1. The van der Waals surface area contributed by atoms with E-state index in [1.165, 1.54) is 19.1 Å². The SMILES string of the molecule is Cc1cc(NC(=O)c2ccc(F)c(C(F)(F)C(=O)N3CCC(C(=O)O)CC3)c2)ccc1F. The van der Waals surface area contributed by atoms with Crippen molar-refractivity contribution in [3.05, 3.63) is 64.7 Å². The molecule has 0 radical (unpaired) electrons. The number of alkyl halides is 2. The molecule has 32 heavy (non-hydrogen) atoms. The molecule has 0 atom stereocenters. The van der Waals surface area contributed by atoms with Gasteiger partial charge in [-0.05, 0) is 61.7 Å². The summed E-state index contributed by atoms with van der Waals surface area (Å²) in [5, 5.41) is 11.4. The number of hydrogen-bond acceptors (Lipinski definition) is 3. The topological polar surface area (TPSA) is 86.7 Å². The first kappa shape index (κ1) is 23.2. The molecule has 0 bridgehead atoms. The van der Waals surface area contributed by atoms with Crippen LogP contribution in [-0.2, 0) is 15.5 Å². The molecule has 170 valence electrons. The van der Waals surface area contributed by atoms with E-state index in [1.54, 1.807) is 0 Å². The van der Waals surface area contributed by atoms with Crippen LogP contribution in [0.5, 0.6) is 0 Å². The van der Waals surface area contributed by atoms with Crippen molar-refractivity contribution in [1.82, 2.24) is 4.90 Å². The largest absolute Gasteiger partial charge is 0.481 e. The minimum atomic E-state index is -4.26. The summed E-state index contributed by atoms with van der Waals surface area (Å²) in [7, 11) is 0. The molecule has 0 unspecified atom stereocenters. The van der Waals surface area contributed by atoms with E-state index >= 15 is 0 Å². The van der Waals surface area contributed by atoms with Crippen LogP contribution in [0.3, 0.4) is 0 Å². The standard InChI is InChI=1S/C22H20F4N2O4/c1-12-10-15(3-5-17(12)23)27-19(29)14-2-4-18(24)16(11-14)22(25,26)21(32)28-8-6-13(7-9-28)20(30)31/h2-5,10-11,13H,6-9H2,1H3,(H,27,29)(H,30,31). The predicted octanol–water partition coefficient (Wildman–Crippen LogP) is 3.94. The Morgan fingerprint density at radius 1 is 1.03 bits per heavy atom. The molecule has 2 N–H and O–H groups in total. The fourth-order valence-corrected chi connectivity index (χ4v) is 3.48. The molecule has 2 aromatic rings. The Labute approximate surface area is 180 Å². The van der Waals surface area contributed by atoms with Gasteiger partial charge in [-0.25, -0.2) is 8.78 Å². The van der Waals surface area contributed by atoms with E-state index in [0.717, 1.165) is 17.0 Å². The van der Waals surface area contributed by atoms with Gasteiger partial charge < -0.3 is 15.3 Å². The number of hydrogen-bond donors (Lipinski definition) is 2. The summed E-state index contributed by atoms with van der Waals surface area (Å²) in [6, 6.07) is 6.01. The maximum absolute atomic E-state index is 14.9. The van der Waals surface area contributed by atoms with E-state index in [-0.39, 0.29) is 42.7 Å². The number of rotatable bonds is 5. The van der Waals surface area contributed by atoms with Crippen molar-refractivity contribution in [3.63, 3.8) is 0 Å². The molecule has 0 aromatic heterocycles. The van der Waals surface area contributed by atoms with Gasteiger partial charge in [-0.15, -0.1) is 0 Å². The van der Waals surface area contributed by atoms with Gasteiger partial charge in [-0.1, -0.05) is 0 Å². The lowest BCUT2D eigenvalue weighted by molar-refractivity contribution is -0.162. The Kier molecular flexibility index (Phi) is 6.52. The number of carbonyl (C=O) groups excluding carboxylic acids is 2. The highest BCUT2D eigenvalue weighted by Gasteiger charge is 2.47. The minimum absolute atomic E-state index is 0.0131. The van der Waals surface area contributed by atoms with E-state index in [0.29, 0.717) is 12.1 Å². The molecule has 0 spiro atoms. The minimum Gasteiger partial charge on any atom is -0.481 e. The fraction of sp³-hybridized carbons (Fsp3) is 0.318. The first-order valence-electron chi connectivity index (χ1n) is 9.78. The van der Waals surface area contributed by atoms with Crippen LogP contribution >= 0.6 is 0 Å². The predicted molar refractivity (Wildman–Crippen MR) is 106 cm³/mol. The molecule has 1 saturated heterocycles. The summed E-state index contributed by atoms with van der Waals surface area (Å²) in [5.41, 5.74) is -1.11. The number of aliphatic carboxylic acids is 1. The van der Waals surface area contributed by atoms with Crippen molar-refractivity contribution in [2.75, 3.05) is 18.4 Å². The van der Waals surface area contributed by atoms with Crippen LogP contribution in [0.1, 0.15) is 34.3 Å². The number of nitrogens with one attached hydrogen (secondary N) is 1. The average Bonchev–Trinajstić information content (AvgIpc) is 2.76. The molecule has 3 rings (SSSR count). The zero-order valence-corrected chi connectivity index (χ0v) is 17.0. The normalized spacial score (nSPS) is 14.8. The van der Waals surface area contributed by atoms with Crippen LogP contribution in [0.25, 0.3) is 0 Å². The average molecular weight is 452 g/mol. The van der Waals surface area contributed by atoms with Crippen molar-refractivity contribution >= 4 is 23.5 Å². The zero-order valence-electron chi connectivity index (χ0n) is 17.0. The maximum Gasteiger partial charge on any atom is 0.352 e. The Hall–Kier alpha value is -3.43. The maximum atomic E-state index is 14.9. The summed E-state index contributed by atoms with van der Waals surface area (Å²) in [5.74, 6) is -10.4. The molecule has 2 amide bonds. The number of amides is 2. The fourth-order valence-electron chi connectivity index (χ4n) is 3.48. The Bertz CT molecular complexity index is 1070. The monoisotopic (exact) mass is 452 g/mol. The number of piperidine rings is 1.